The topological polar surface area (TPSA) is 58.9 Å². The molecule has 66 valence electrons. The summed E-state index contributed by atoms with van der Waals surface area (Å²) < 4.78 is 4.64. The lowest BCUT2D eigenvalue weighted by atomic mass is 10.1. The Morgan fingerprint density at radius 2 is 2.38 bits per heavy atom. The normalized spacial score (nSPS) is 10.2. The van der Waals surface area contributed by atoms with E-state index in [1.54, 1.807) is 25.4 Å². The second-order valence-corrected chi connectivity index (χ2v) is 2.73. The van der Waals surface area contributed by atoms with Gasteiger partial charge < -0.3 is 4.52 Å². The van der Waals surface area contributed by atoms with Crippen molar-refractivity contribution in [3.63, 3.8) is 0 Å². The van der Waals surface area contributed by atoms with E-state index in [1.165, 1.54) is 0 Å². The van der Waals surface area contributed by atoms with Crippen molar-refractivity contribution in [3.05, 3.63) is 40.5 Å². The molecule has 2 heterocycles. The number of H-pyrrole nitrogens is 1. The first-order chi connectivity index (χ1) is 6.29. The summed E-state index contributed by atoms with van der Waals surface area (Å²) in [6.45, 7) is 1.71. The lowest BCUT2D eigenvalue weighted by Gasteiger charge is -1.94. The van der Waals surface area contributed by atoms with Gasteiger partial charge in [-0.3, -0.25) is 4.98 Å². The maximum absolute atomic E-state index is 11.0. The van der Waals surface area contributed by atoms with Gasteiger partial charge in [0.25, 0.3) is 0 Å². The Hall–Kier alpha value is -1.84. The van der Waals surface area contributed by atoms with Gasteiger partial charge >= 0.3 is 5.63 Å². The molecule has 0 bridgehead atoms. The van der Waals surface area contributed by atoms with Crippen molar-refractivity contribution in [2.24, 2.45) is 0 Å². The summed E-state index contributed by atoms with van der Waals surface area (Å²) in [5, 5.41) is 2.56. The summed E-state index contributed by atoms with van der Waals surface area (Å²) in [4.78, 5) is 14.9. The monoisotopic (exact) mass is 176 g/mol. The van der Waals surface area contributed by atoms with Gasteiger partial charge in [-0.05, 0) is 19.1 Å². The molecule has 0 fully saturated rings. The summed E-state index contributed by atoms with van der Waals surface area (Å²) in [5.74, 6) is 0. The van der Waals surface area contributed by atoms with E-state index in [0.717, 1.165) is 5.56 Å². The van der Waals surface area contributed by atoms with Crippen LogP contribution in [0.5, 0.6) is 0 Å². The van der Waals surface area contributed by atoms with Crippen LogP contribution in [0.15, 0.2) is 33.8 Å². The third kappa shape index (κ3) is 1.26. The fraction of sp³-hybridized carbons (Fsp3) is 0.111. The van der Waals surface area contributed by atoms with Gasteiger partial charge in [0.15, 0.2) is 0 Å². The van der Waals surface area contributed by atoms with Crippen LogP contribution in [0.1, 0.15) is 5.56 Å². The fourth-order valence-corrected chi connectivity index (χ4v) is 1.14. The maximum Gasteiger partial charge on any atom is 0.360 e. The Morgan fingerprint density at radius 1 is 1.54 bits per heavy atom. The van der Waals surface area contributed by atoms with Crippen LogP contribution in [0, 0.1) is 6.92 Å². The van der Waals surface area contributed by atoms with Gasteiger partial charge in [0.05, 0.1) is 11.3 Å². The predicted molar refractivity (Wildman–Crippen MR) is 47.3 cm³/mol. The van der Waals surface area contributed by atoms with E-state index in [4.69, 9.17) is 0 Å². The van der Waals surface area contributed by atoms with Crippen molar-refractivity contribution in [2.45, 2.75) is 6.92 Å². The first kappa shape index (κ1) is 7.79. The zero-order valence-corrected chi connectivity index (χ0v) is 7.07. The Bertz CT molecular complexity index is 456. The van der Waals surface area contributed by atoms with E-state index in [1.807, 2.05) is 6.07 Å². The SMILES string of the molecule is Cc1c(-c2cccnc2)[nH]oc1=O. The van der Waals surface area contributed by atoms with Crippen molar-refractivity contribution in [1.82, 2.24) is 10.1 Å². The largest absolute Gasteiger partial charge is 0.360 e. The van der Waals surface area contributed by atoms with Gasteiger partial charge in [-0.25, -0.2) is 9.95 Å². The quantitative estimate of drug-likeness (QED) is 0.713. The highest BCUT2D eigenvalue weighted by Crippen LogP contribution is 2.16. The molecule has 2 aromatic rings. The molecule has 0 aliphatic heterocycles. The zero-order chi connectivity index (χ0) is 9.26. The Labute approximate surface area is 74.2 Å². The van der Waals surface area contributed by atoms with E-state index < -0.39 is 0 Å². The first-order valence-electron chi connectivity index (χ1n) is 3.87. The standard InChI is InChI=1S/C9H8N2O2/c1-6-8(11-13-9(6)12)7-3-2-4-10-5-7/h2-5,11H,1H3. The zero-order valence-electron chi connectivity index (χ0n) is 7.07. The van der Waals surface area contributed by atoms with Gasteiger partial charge in [-0.2, -0.15) is 0 Å². The van der Waals surface area contributed by atoms with Crippen molar-refractivity contribution >= 4 is 0 Å². The van der Waals surface area contributed by atoms with Crippen LogP contribution < -0.4 is 5.63 Å². The highest BCUT2D eigenvalue weighted by molar-refractivity contribution is 5.60. The van der Waals surface area contributed by atoms with Crippen LogP contribution in [0.25, 0.3) is 11.3 Å². The number of aromatic amines is 1. The molecule has 0 atom stereocenters. The molecule has 0 aliphatic carbocycles. The highest BCUT2D eigenvalue weighted by atomic mass is 16.5. The number of pyridine rings is 1. The van der Waals surface area contributed by atoms with E-state index in [0.29, 0.717) is 11.3 Å². The van der Waals surface area contributed by atoms with Gasteiger partial charge in [-0.1, -0.05) is 0 Å². The Balaban J connectivity index is 2.60. The van der Waals surface area contributed by atoms with Crippen LogP contribution in [-0.4, -0.2) is 10.1 Å². The van der Waals surface area contributed by atoms with Crippen molar-refractivity contribution in [2.75, 3.05) is 0 Å². The molecule has 0 aromatic carbocycles. The number of rotatable bonds is 1. The van der Waals surface area contributed by atoms with Gasteiger partial charge in [0, 0.05) is 18.0 Å². The molecule has 13 heavy (non-hydrogen) atoms. The lowest BCUT2D eigenvalue weighted by molar-refractivity contribution is 0.392. The van der Waals surface area contributed by atoms with E-state index >= 15 is 0 Å². The molecule has 0 spiro atoms. The molecule has 0 radical (unpaired) electrons. The summed E-state index contributed by atoms with van der Waals surface area (Å²) in [5.41, 5.74) is 1.79. The molecule has 0 saturated carbocycles. The average Bonchev–Trinajstić information content (AvgIpc) is 2.49. The molecule has 0 saturated heterocycles. The van der Waals surface area contributed by atoms with E-state index in [-0.39, 0.29) is 5.63 Å². The van der Waals surface area contributed by atoms with Crippen molar-refractivity contribution in [3.8, 4) is 11.3 Å². The fourth-order valence-electron chi connectivity index (χ4n) is 1.14. The third-order valence-corrected chi connectivity index (χ3v) is 1.88. The minimum atomic E-state index is -0.334. The molecule has 0 unspecified atom stereocenters. The number of nitrogens with one attached hydrogen (secondary N) is 1. The number of nitrogens with zero attached hydrogens (tertiary/aromatic N) is 1. The maximum atomic E-state index is 11.0. The summed E-state index contributed by atoms with van der Waals surface area (Å²) in [7, 11) is 0. The van der Waals surface area contributed by atoms with Gasteiger partial charge in [0.1, 0.15) is 0 Å². The second-order valence-electron chi connectivity index (χ2n) is 2.73. The third-order valence-electron chi connectivity index (χ3n) is 1.88. The molecule has 2 rings (SSSR count). The van der Waals surface area contributed by atoms with Crippen molar-refractivity contribution in [1.29, 1.82) is 0 Å². The van der Waals surface area contributed by atoms with E-state index in [2.05, 4.69) is 14.7 Å². The van der Waals surface area contributed by atoms with Gasteiger partial charge in [-0.15, -0.1) is 0 Å². The first-order valence-corrected chi connectivity index (χ1v) is 3.87. The Morgan fingerprint density at radius 3 is 2.92 bits per heavy atom. The number of aromatic nitrogens is 2. The molecular formula is C9H8N2O2. The number of hydrogen-bond acceptors (Lipinski definition) is 3. The van der Waals surface area contributed by atoms with Crippen LogP contribution in [0.4, 0.5) is 0 Å². The molecule has 0 amide bonds. The van der Waals surface area contributed by atoms with E-state index in [9.17, 15) is 4.79 Å². The van der Waals surface area contributed by atoms with Gasteiger partial charge in [0.2, 0.25) is 0 Å². The summed E-state index contributed by atoms with van der Waals surface area (Å²) in [6.07, 6.45) is 3.35. The molecule has 2 aromatic heterocycles. The molecular weight excluding hydrogens is 168 g/mol. The smallest absolute Gasteiger partial charge is 0.338 e. The molecule has 0 aliphatic rings. The van der Waals surface area contributed by atoms with Crippen LogP contribution >= 0.6 is 0 Å². The molecule has 4 nitrogen and oxygen atoms in total. The lowest BCUT2D eigenvalue weighted by Crippen LogP contribution is -1.95. The van der Waals surface area contributed by atoms with Crippen LogP contribution in [0.3, 0.4) is 0 Å². The minimum absolute atomic E-state index is 0.334. The number of hydrogen-bond donors (Lipinski definition) is 1. The summed E-state index contributed by atoms with van der Waals surface area (Å²) in [6, 6.07) is 3.67. The molecule has 4 heteroatoms. The highest BCUT2D eigenvalue weighted by Gasteiger charge is 2.08. The van der Waals surface area contributed by atoms with Crippen LogP contribution in [0.2, 0.25) is 0 Å². The predicted octanol–water partition coefficient (Wildman–Crippen LogP) is 1.34. The average molecular weight is 176 g/mol. The van der Waals surface area contributed by atoms with Crippen molar-refractivity contribution < 1.29 is 4.52 Å². The Kier molecular flexibility index (Phi) is 1.73. The summed E-state index contributed by atoms with van der Waals surface area (Å²) >= 11 is 0. The van der Waals surface area contributed by atoms with Crippen LogP contribution in [-0.2, 0) is 0 Å². The molecule has 1 N–H and O–H groups in total. The second kappa shape index (κ2) is 2.90. The minimum Gasteiger partial charge on any atom is -0.338 e.